The van der Waals surface area contributed by atoms with E-state index in [0.717, 1.165) is 43.6 Å². The Hall–Kier alpha value is -0.990. The van der Waals surface area contributed by atoms with Crippen molar-refractivity contribution in [3.63, 3.8) is 0 Å². The predicted octanol–water partition coefficient (Wildman–Crippen LogP) is 2.65. The van der Waals surface area contributed by atoms with E-state index < -0.39 is 0 Å². The molecule has 0 aliphatic rings. The molecule has 0 aromatic carbocycles. The van der Waals surface area contributed by atoms with Gasteiger partial charge in [0, 0.05) is 6.54 Å². The van der Waals surface area contributed by atoms with Crippen molar-refractivity contribution in [3.05, 3.63) is 11.4 Å². The van der Waals surface area contributed by atoms with E-state index in [1.807, 2.05) is 11.6 Å². The second-order valence-electron chi connectivity index (χ2n) is 3.71. The maximum atomic E-state index is 9.77. The van der Waals surface area contributed by atoms with Crippen LogP contribution >= 0.6 is 0 Å². The van der Waals surface area contributed by atoms with Crippen LogP contribution in [-0.4, -0.2) is 14.9 Å². The molecule has 0 unspecified atom stereocenters. The average Bonchev–Trinajstić information content (AvgIpc) is 2.43. The molecule has 0 spiro atoms. The molecule has 14 heavy (non-hydrogen) atoms. The van der Waals surface area contributed by atoms with Crippen molar-refractivity contribution in [2.24, 2.45) is 0 Å². The molecule has 0 aliphatic heterocycles. The summed E-state index contributed by atoms with van der Waals surface area (Å²) in [4.78, 5) is 0. The molecule has 0 aliphatic carbocycles. The van der Waals surface area contributed by atoms with Gasteiger partial charge in [-0.15, -0.1) is 0 Å². The lowest BCUT2D eigenvalue weighted by molar-refractivity contribution is 0.457. The number of unbranched alkanes of at least 4 members (excludes halogenated alkanes) is 1. The van der Waals surface area contributed by atoms with E-state index in [-0.39, 0.29) is 0 Å². The van der Waals surface area contributed by atoms with Gasteiger partial charge < -0.3 is 5.11 Å². The third-order valence-corrected chi connectivity index (χ3v) is 2.41. The Morgan fingerprint density at radius 1 is 1.29 bits per heavy atom. The summed E-state index contributed by atoms with van der Waals surface area (Å²) < 4.78 is 1.96. The van der Waals surface area contributed by atoms with Gasteiger partial charge in [0.25, 0.3) is 0 Å². The molecule has 3 nitrogen and oxygen atoms in total. The first-order valence-corrected chi connectivity index (χ1v) is 5.45. The lowest BCUT2D eigenvalue weighted by Gasteiger charge is -2.05. The molecule has 0 radical (unpaired) electrons. The monoisotopic (exact) mass is 196 g/mol. The summed E-state index contributed by atoms with van der Waals surface area (Å²) in [6.45, 7) is 7.06. The number of aryl methyl sites for hydroxylation is 2. The van der Waals surface area contributed by atoms with E-state index in [1.54, 1.807) is 0 Å². The van der Waals surface area contributed by atoms with Crippen LogP contribution in [0.4, 0.5) is 0 Å². The Balaban J connectivity index is 2.84. The van der Waals surface area contributed by atoms with E-state index in [4.69, 9.17) is 0 Å². The van der Waals surface area contributed by atoms with Gasteiger partial charge in [-0.05, 0) is 19.8 Å². The summed E-state index contributed by atoms with van der Waals surface area (Å²) in [5.41, 5.74) is 1.75. The third-order valence-electron chi connectivity index (χ3n) is 2.41. The summed E-state index contributed by atoms with van der Waals surface area (Å²) in [6, 6.07) is 0. The molecule has 0 saturated carbocycles. The largest absolute Gasteiger partial charge is 0.504 e. The quantitative estimate of drug-likeness (QED) is 0.786. The van der Waals surface area contributed by atoms with Crippen LogP contribution in [0.2, 0.25) is 0 Å². The third kappa shape index (κ3) is 2.28. The normalized spacial score (nSPS) is 10.8. The van der Waals surface area contributed by atoms with Gasteiger partial charge in [-0.2, -0.15) is 5.10 Å². The zero-order chi connectivity index (χ0) is 10.6. The van der Waals surface area contributed by atoms with Crippen LogP contribution < -0.4 is 0 Å². The van der Waals surface area contributed by atoms with Crippen LogP contribution in [0.5, 0.6) is 5.75 Å². The number of aromatic hydroxyl groups is 1. The standard InChI is InChI=1S/C11H20N2O/c1-4-6-8-13-10(7-5-2)11(14)9(3)12-13/h14H,4-8H2,1-3H3. The highest BCUT2D eigenvalue weighted by Crippen LogP contribution is 2.22. The van der Waals surface area contributed by atoms with E-state index >= 15 is 0 Å². The first kappa shape index (κ1) is 11.1. The number of hydrogen-bond donors (Lipinski definition) is 1. The molecule has 80 valence electrons. The average molecular weight is 196 g/mol. The Morgan fingerprint density at radius 3 is 2.57 bits per heavy atom. The number of rotatable bonds is 5. The van der Waals surface area contributed by atoms with Gasteiger partial charge in [-0.3, -0.25) is 4.68 Å². The van der Waals surface area contributed by atoms with Crippen molar-refractivity contribution < 1.29 is 5.11 Å². The predicted molar refractivity (Wildman–Crippen MR) is 57.5 cm³/mol. The van der Waals surface area contributed by atoms with Gasteiger partial charge in [-0.25, -0.2) is 0 Å². The van der Waals surface area contributed by atoms with E-state index in [2.05, 4.69) is 18.9 Å². The van der Waals surface area contributed by atoms with E-state index in [1.165, 1.54) is 0 Å². The van der Waals surface area contributed by atoms with Gasteiger partial charge in [0.2, 0.25) is 0 Å². The topological polar surface area (TPSA) is 38.0 Å². The molecular formula is C11H20N2O. The van der Waals surface area contributed by atoms with Crippen LogP contribution in [0, 0.1) is 6.92 Å². The molecule has 0 saturated heterocycles. The summed E-state index contributed by atoms with van der Waals surface area (Å²) in [7, 11) is 0. The van der Waals surface area contributed by atoms with Crippen molar-refractivity contribution in [2.75, 3.05) is 0 Å². The highest BCUT2D eigenvalue weighted by molar-refractivity contribution is 5.31. The summed E-state index contributed by atoms with van der Waals surface area (Å²) in [5.74, 6) is 0.392. The molecule has 0 fully saturated rings. The molecule has 1 heterocycles. The van der Waals surface area contributed by atoms with Crippen LogP contribution in [0.1, 0.15) is 44.5 Å². The fraction of sp³-hybridized carbons (Fsp3) is 0.727. The van der Waals surface area contributed by atoms with Gasteiger partial charge in [-0.1, -0.05) is 26.7 Å². The lowest BCUT2D eigenvalue weighted by Crippen LogP contribution is -2.04. The van der Waals surface area contributed by atoms with Crippen molar-refractivity contribution in [1.82, 2.24) is 9.78 Å². The van der Waals surface area contributed by atoms with Crippen LogP contribution in [0.3, 0.4) is 0 Å². The zero-order valence-electron chi connectivity index (χ0n) is 9.38. The smallest absolute Gasteiger partial charge is 0.159 e. The maximum absolute atomic E-state index is 9.77. The molecule has 0 bridgehead atoms. The molecule has 1 N–H and O–H groups in total. The minimum absolute atomic E-state index is 0.392. The van der Waals surface area contributed by atoms with Gasteiger partial charge in [0.15, 0.2) is 5.75 Å². The maximum Gasteiger partial charge on any atom is 0.159 e. The lowest BCUT2D eigenvalue weighted by atomic mass is 10.2. The summed E-state index contributed by atoms with van der Waals surface area (Å²) >= 11 is 0. The molecule has 3 heteroatoms. The molecule has 0 atom stereocenters. The molecule has 1 rings (SSSR count). The Kier molecular flexibility index (Phi) is 3.98. The highest BCUT2D eigenvalue weighted by Gasteiger charge is 2.12. The van der Waals surface area contributed by atoms with Crippen molar-refractivity contribution in [1.29, 1.82) is 0 Å². The molecule has 0 amide bonds. The Morgan fingerprint density at radius 2 is 2.00 bits per heavy atom. The zero-order valence-corrected chi connectivity index (χ0v) is 9.38. The molecule has 1 aromatic heterocycles. The fourth-order valence-electron chi connectivity index (χ4n) is 1.60. The Bertz CT molecular complexity index is 292. The molecular weight excluding hydrogens is 176 g/mol. The van der Waals surface area contributed by atoms with Gasteiger partial charge >= 0.3 is 0 Å². The minimum Gasteiger partial charge on any atom is -0.504 e. The van der Waals surface area contributed by atoms with Crippen molar-refractivity contribution >= 4 is 0 Å². The van der Waals surface area contributed by atoms with E-state index in [0.29, 0.717) is 5.75 Å². The van der Waals surface area contributed by atoms with Gasteiger partial charge in [0.05, 0.1) is 5.69 Å². The SMILES string of the molecule is CCCCn1nc(C)c(O)c1CCC. The second-order valence-corrected chi connectivity index (χ2v) is 3.71. The first-order valence-electron chi connectivity index (χ1n) is 5.45. The number of aromatic nitrogens is 2. The number of hydrogen-bond acceptors (Lipinski definition) is 2. The second kappa shape index (κ2) is 5.03. The number of nitrogens with zero attached hydrogens (tertiary/aromatic N) is 2. The molecule has 1 aromatic rings. The first-order chi connectivity index (χ1) is 6.70. The van der Waals surface area contributed by atoms with Crippen molar-refractivity contribution in [2.45, 2.75) is 53.0 Å². The summed E-state index contributed by atoms with van der Waals surface area (Å²) in [5, 5.41) is 14.1. The van der Waals surface area contributed by atoms with Gasteiger partial charge in [0.1, 0.15) is 5.69 Å². The highest BCUT2D eigenvalue weighted by atomic mass is 16.3. The van der Waals surface area contributed by atoms with Crippen molar-refractivity contribution in [3.8, 4) is 5.75 Å². The van der Waals surface area contributed by atoms with E-state index in [9.17, 15) is 5.11 Å². The van der Waals surface area contributed by atoms with Crippen LogP contribution in [0.25, 0.3) is 0 Å². The fourth-order valence-corrected chi connectivity index (χ4v) is 1.60. The van der Waals surface area contributed by atoms with Crippen LogP contribution in [0.15, 0.2) is 0 Å². The Labute approximate surface area is 85.8 Å². The summed E-state index contributed by atoms with van der Waals surface area (Å²) in [6.07, 6.45) is 4.24. The van der Waals surface area contributed by atoms with Crippen LogP contribution in [-0.2, 0) is 13.0 Å². The minimum atomic E-state index is 0.392.